The van der Waals surface area contributed by atoms with Crippen molar-refractivity contribution < 1.29 is 14.4 Å². The van der Waals surface area contributed by atoms with E-state index in [2.05, 4.69) is 0 Å². The van der Waals surface area contributed by atoms with Crippen LogP contribution in [0.15, 0.2) is 30.3 Å². The summed E-state index contributed by atoms with van der Waals surface area (Å²) in [6.07, 6.45) is -0.176. The molecule has 0 spiro atoms. The Morgan fingerprint density at radius 1 is 1.38 bits per heavy atom. The van der Waals surface area contributed by atoms with E-state index in [-0.39, 0.29) is 19.8 Å². The fourth-order valence-electron chi connectivity index (χ4n) is 1.33. The van der Waals surface area contributed by atoms with E-state index >= 15 is 0 Å². The molecule has 1 aromatic rings. The zero-order valence-electron chi connectivity index (χ0n) is 7.22. The molecular formula is C9H11BO3. The number of benzene rings is 1. The summed E-state index contributed by atoms with van der Waals surface area (Å²) in [5, 5.41) is 8.83. The van der Waals surface area contributed by atoms with Crippen molar-refractivity contribution in [3.8, 4) is 0 Å². The lowest BCUT2D eigenvalue weighted by atomic mass is 9.80. The third kappa shape index (κ3) is 1.91. The molecule has 13 heavy (non-hydrogen) atoms. The molecule has 1 heterocycles. The van der Waals surface area contributed by atoms with E-state index in [0.29, 0.717) is 6.61 Å². The van der Waals surface area contributed by atoms with E-state index in [9.17, 15) is 0 Å². The number of aliphatic hydroxyl groups excluding tert-OH is 1. The van der Waals surface area contributed by atoms with Gasteiger partial charge in [-0.3, -0.25) is 0 Å². The van der Waals surface area contributed by atoms with Crippen LogP contribution in [0.4, 0.5) is 0 Å². The summed E-state index contributed by atoms with van der Waals surface area (Å²) in [5.41, 5.74) is 0.999. The monoisotopic (exact) mass is 178 g/mol. The maximum Gasteiger partial charge on any atom is 0.494 e. The van der Waals surface area contributed by atoms with Crippen molar-refractivity contribution in [1.82, 2.24) is 0 Å². The SMILES string of the molecule is OC[C@H]1COB(c2ccccc2)O1. The highest BCUT2D eigenvalue weighted by atomic mass is 16.6. The molecule has 1 saturated heterocycles. The van der Waals surface area contributed by atoms with Gasteiger partial charge in [0.15, 0.2) is 0 Å². The Balaban J connectivity index is 2.04. The van der Waals surface area contributed by atoms with Crippen LogP contribution >= 0.6 is 0 Å². The average Bonchev–Trinajstić information content (AvgIpc) is 2.67. The molecule has 1 fully saturated rings. The largest absolute Gasteiger partial charge is 0.494 e. The van der Waals surface area contributed by atoms with Crippen molar-refractivity contribution in [2.45, 2.75) is 6.10 Å². The normalized spacial score (nSPS) is 22.2. The van der Waals surface area contributed by atoms with Crippen molar-refractivity contribution >= 4 is 12.6 Å². The van der Waals surface area contributed by atoms with Crippen LogP contribution in [0.3, 0.4) is 0 Å². The topological polar surface area (TPSA) is 38.7 Å². The quantitative estimate of drug-likeness (QED) is 0.636. The molecule has 0 saturated carbocycles. The lowest BCUT2D eigenvalue weighted by molar-refractivity contribution is 0.134. The van der Waals surface area contributed by atoms with Gasteiger partial charge in [-0.25, -0.2) is 0 Å². The summed E-state index contributed by atoms with van der Waals surface area (Å²) >= 11 is 0. The molecule has 68 valence electrons. The summed E-state index contributed by atoms with van der Waals surface area (Å²) in [7, 11) is -0.307. The summed E-state index contributed by atoms with van der Waals surface area (Å²) in [5.74, 6) is 0. The van der Waals surface area contributed by atoms with Crippen LogP contribution in [0.5, 0.6) is 0 Å². The third-order valence-electron chi connectivity index (χ3n) is 2.02. The smallest absolute Gasteiger partial charge is 0.405 e. The Hall–Kier alpha value is -0.835. The maximum atomic E-state index is 8.83. The molecule has 1 aliphatic rings. The van der Waals surface area contributed by atoms with Crippen molar-refractivity contribution in [2.24, 2.45) is 0 Å². The fourth-order valence-corrected chi connectivity index (χ4v) is 1.33. The molecule has 3 nitrogen and oxygen atoms in total. The van der Waals surface area contributed by atoms with Crippen LogP contribution in [0, 0.1) is 0 Å². The highest BCUT2D eigenvalue weighted by molar-refractivity contribution is 6.61. The average molecular weight is 178 g/mol. The van der Waals surface area contributed by atoms with Gasteiger partial charge in [0.25, 0.3) is 0 Å². The highest BCUT2D eigenvalue weighted by Gasteiger charge is 2.32. The summed E-state index contributed by atoms with van der Waals surface area (Å²) in [6.45, 7) is 0.486. The van der Waals surface area contributed by atoms with E-state index in [1.807, 2.05) is 30.3 Å². The lowest BCUT2D eigenvalue weighted by Gasteiger charge is -2.05. The second kappa shape index (κ2) is 3.92. The van der Waals surface area contributed by atoms with Gasteiger partial charge < -0.3 is 14.4 Å². The van der Waals surface area contributed by atoms with E-state index in [0.717, 1.165) is 5.46 Å². The number of hydrogen-bond acceptors (Lipinski definition) is 3. The van der Waals surface area contributed by atoms with Crippen LogP contribution in [-0.4, -0.2) is 31.5 Å². The molecule has 2 rings (SSSR count). The summed E-state index contributed by atoms with van der Waals surface area (Å²) in [6, 6.07) is 9.72. The molecule has 0 amide bonds. The summed E-state index contributed by atoms with van der Waals surface area (Å²) in [4.78, 5) is 0. The van der Waals surface area contributed by atoms with Gasteiger partial charge in [-0.05, 0) is 5.46 Å². The Labute approximate surface area is 77.4 Å². The van der Waals surface area contributed by atoms with Crippen LogP contribution in [-0.2, 0) is 9.31 Å². The van der Waals surface area contributed by atoms with Gasteiger partial charge in [-0.1, -0.05) is 30.3 Å². The number of rotatable bonds is 2. The van der Waals surface area contributed by atoms with Crippen LogP contribution in [0.2, 0.25) is 0 Å². The second-order valence-electron chi connectivity index (χ2n) is 3.02. The Morgan fingerprint density at radius 3 is 2.77 bits per heavy atom. The third-order valence-corrected chi connectivity index (χ3v) is 2.02. The van der Waals surface area contributed by atoms with E-state index in [4.69, 9.17) is 14.4 Å². The van der Waals surface area contributed by atoms with E-state index in [1.165, 1.54) is 0 Å². The first-order valence-electron chi connectivity index (χ1n) is 4.33. The molecule has 0 radical (unpaired) electrons. The van der Waals surface area contributed by atoms with Crippen LogP contribution < -0.4 is 5.46 Å². The molecular weight excluding hydrogens is 167 g/mol. The first-order chi connectivity index (χ1) is 6.40. The molecule has 4 heteroatoms. The second-order valence-corrected chi connectivity index (χ2v) is 3.02. The Morgan fingerprint density at radius 2 is 2.15 bits per heavy atom. The molecule has 1 N–H and O–H groups in total. The minimum atomic E-state index is -0.307. The minimum Gasteiger partial charge on any atom is -0.405 e. The van der Waals surface area contributed by atoms with Gasteiger partial charge in [0.2, 0.25) is 0 Å². The molecule has 0 bridgehead atoms. The standard InChI is InChI=1S/C9H11BO3/c11-6-9-7-12-10(13-9)8-4-2-1-3-5-8/h1-5,9,11H,6-7H2/t9-/m0/s1. The number of hydrogen-bond donors (Lipinski definition) is 1. The molecule has 1 atom stereocenters. The van der Waals surface area contributed by atoms with Crippen LogP contribution in [0.1, 0.15) is 0 Å². The van der Waals surface area contributed by atoms with Crippen molar-refractivity contribution in [1.29, 1.82) is 0 Å². The van der Waals surface area contributed by atoms with Gasteiger partial charge in [0.1, 0.15) is 0 Å². The number of aliphatic hydroxyl groups is 1. The molecule has 1 aliphatic heterocycles. The van der Waals surface area contributed by atoms with Gasteiger partial charge in [-0.15, -0.1) is 0 Å². The fraction of sp³-hybridized carbons (Fsp3) is 0.333. The molecule has 0 unspecified atom stereocenters. The van der Waals surface area contributed by atoms with Gasteiger partial charge in [0.05, 0.1) is 19.3 Å². The predicted molar refractivity (Wildman–Crippen MR) is 49.7 cm³/mol. The van der Waals surface area contributed by atoms with Crippen molar-refractivity contribution in [3.05, 3.63) is 30.3 Å². The Kier molecular flexibility index (Phi) is 2.64. The first kappa shape index (κ1) is 8.75. The van der Waals surface area contributed by atoms with Crippen molar-refractivity contribution in [2.75, 3.05) is 13.2 Å². The molecule has 0 aromatic heterocycles. The highest BCUT2D eigenvalue weighted by Crippen LogP contribution is 2.07. The summed E-state index contributed by atoms with van der Waals surface area (Å²) < 4.78 is 10.8. The Bertz CT molecular complexity index is 265. The lowest BCUT2D eigenvalue weighted by Crippen LogP contribution is -2.32. The van der Waals surface area contributed by atoms with E-state index in [1.54, 1.807) is 0 Å². The zero-order valence-corrected chi connectivity index (χ0v) is 7.22. The molecule has 1 aromatic carbocycles. The molecule has 0 aliphatic carbocycles. The van der Waals surface area contributed by atoms with Crippen molar-refractivity contribution in [3.63, 3.8) is 0 Å². The van der Waals surface area contributed by atoms with Gasteiger partial charge >= 0.3 is 7.12 Å². The predicted octanol–water partition coefficient (Wildman–Crippen LogP) is -0.211. The van der Waals surface area contributed by atoms with Gasteiger partial charge in [0, 0.05) is 0 Å². The van der Waals surface area contributed by atoms with Crippen LogP contribution in [0.25, 0.3) is 0 Å². The van der Waals surface area contributed by atoms with Gasteiger partial charge in [-0.2, -0.15) is 0 Å². The minimum absolute atomic E-state index is 0.0172. The first-order valence-corrected chi connectivity index (χ1v) is 4.33. The van der Waals surface area contributed by atoms with E-state index < -0.39 is 0 Å². The zero-order chi connectivity index (χ0) is 9.10. The maximum absolute atomic E-state index is 8.83.